The van der Waals surface area contributed by atoms with Crippen molar-refractivity contribution in [3.05, 3.63) is 47.2 Å². The lowest BCUT2D eigenvalue weighted by Gasteiger charge is -2.21. The molecule has 5 nitrogen and oxygen atoms in total. The van der Waals surface area contributed by atoms with E-state index >= 15 is 0 Å². The fraction of sp³-hybridized carbons (Fsp3) is 0.444. The second-order valence-electron chi connectivity index (χ2n) is 6.34. The second kappa shape index (κ2) is 6.07. The van der Waals surface area contributed by atoms with Crippen LogP contribution in [0.15, 0.2) is 28.7 Å². The van der Waals surface area contributed by atoms with Crippen LogP contribution < -0.4 is 4.74 Å². The van der Waals surface area contributed by atoms with E-state index in [0.29, 0.717) is 30.4 Å². The summed E-state index contributed by atoms with van der Waals surface area (Å²) in [5.74, 6) is 1.80. The van der Waals surface area contributed by atoms with Crippen molar-refractivity contribution < 1.29 is 13.9 Å². The van der Waals surface area contributed by atoms with E-state index in [1.54, 1.807) is 4.90 Å². The third-order valence-corrected chi connectivity index (χ3v) is 3.93. The zero-order chi connectivity index (χ0) is 16.6. The smallest absolute Gasteiger partial charge is 0.292 e. The van der Waals surface area contributed by atoms with E-state index in [0.717, 1.165) is 11.3 Å². The zero-order valence-corrected chi connectivity index (χ0v) is 14.0. The summed E-state index contributed by atoms with van der Waals surface area (Å²) in [6.07, 6.45) is -0.0737. The number of ether oxygens (including phenoxy) is 1. The lowest BCUT2D eigenvalue weighted by molar-refractivity contribution is 0.0656. The van der Waals surface area contributed by atoms with Gasteiger partial charge in [-0.05, 0) is 19.9 Å². The topological polar surface area (TPSA) is 55.6 Å². The van der Waals surface area contributed by atoms with Gasteiger partial charge in [0, 0.05) is 18.0 Å². The van der Waals surface area contributed by atoms with Gasteiger partial charge in [-0.25, -0.2) is 4.98 Å². The first-order chi connectivity index (χ1) is 11.0. The Hall–Kier alpha value is -2.30. The van der Waals surface area contributed by atoms with Crippen molar-refractivity contribution in [3.8, 4) is 5.75 Å². The fourth-order valence-corrected chi connectivity index (χ4v) is 2.74. The maximum atomic E-state index is 12.9. The van der Waals surface area contributed by atoms with Crippen molar-refractivity contribution in [2.24, 2.45) is 0 Å². The van der Waals surface area contributed by atoms with Gasteiger partial charge in [-0.1, -0.05) is 32.0 Å². The largest absolute Gasteiger partial charge is 0.489 e. The minimum atomic E-state index is -0.131. The summed E-state index contributed by atoms with van der Waals surface area (Å²) in [4.78, 5) is 19.0. The number of nitrogens with zero attached hydrogens (tertiary/aromatic N) is 2. The molecule has 3 rings (SSSR count). The van der Waals surface area contributed by atoms with Crippen LogP contribution in [-0.2, 0) is 6.54 Å². The van der Waals surface area contributed by atoms with Gasteiger partial charge in [-0.15, -0.1) is 0 Å². The van der Waals surface area contributed by atoms with Crippen LogP contribution in [0.2, 0.25) is 0 Å². The number of amides is 1. The van der Waals surface area contributed by atoms with Crippen LogP contribution >= 0.6 is 0 Å². The molecule has 2 heterocycles. The maximum absolute atomic E-state index is 12.9. The van der Waals surface area contributed by atoms with Crippen molar-refractivity contribution in [1.29, 1.82) is 0 Å². The fourth-order valence-electron chi connectivity index (χ4n) is 2.74. The van der Waals surface area contributed by atoms with E-state index in [1.165, 1.54) is 0 Å². The molecule has 1 atom stereocenters. The quantitative estimate of drug-likeness (QED) is 0.851. The molecule has 1 aromatic carbocycles. The first kappa shape index (κ1) is 15.6. The average Bonchev–Trinajstić information content (AvgIpc) is 2.80. The van der Waals surface area contributed by atoms with Crippen LogP contribution in [0.5, 0.6) is 5.75 Å². The number of hydrogen-bond donors (Lipinski definition) is 0. The number of fused-ring (bicyclic) bond motifs is 1. The lowest BCUT2D eigenvalue weighted by atomic mass is 10.2. The number of oxazole rings is 1. The molecule has 1 aliphatic rings. The number of para-hydroxylation sites is 1. The zero-order valence-electron chi connectivity index (χ0n) is 14.0. The standard InChI is InChI=1S/C18H22N2O3/c1-11(2)17-19-13(4)16(23-17)18(21)20-9-12(3)22-15-8-6-5-7-14(15)10-20/h5-8,11-12H,9-10H2,1-4H3. The maximum Gasteiger partial charge on any atom is 0.292 e. The van der Waals surface area contributed by atoms with Crippen molar-refractivity contribution in [2.45, 2.75) is 46.3 Å². The van der Waals surface area contributed by atoms with Crippen LogP contribution in [-0.4, -0.2) is 28.4 Å². The van der Waals surface area contributed by atoms with E-state index in [-0.39, 0.29) is 17.9 Å². The van der Waals surface area contributed by atoms with Crippen molar-refractivity contribution in [3.63, 3.8) is 0 Å². The van der Waals surface area contributed by atoms with Crippen LogP contribution in [0.3, 0.4) is 0 Å². The predicted octanol–water partition coefficient (Wildman–Crippen LogP) is 3.53. The summed E-state index contributed by atoms with van der Waals surface area (Å²) in [7, 11) is 0. The van der Waals surface area contributed by atoms with Gasteiger partial charge in [0.05, 0.1) is 12.2 Å². The molecule has 0 fully saturated rings. The van der Waals surface area contributed by atoms with Gasteiger partial charge >= 0.3 is 0 Å². The van der Waals surface area contributed by atoms with Gasteiger partial charge in [0.1, 0.15) is 11.9 Å². The molecule has 0 spiro atoms. The Kier molecular flexibility index (Phi) is 4.11. The van der Waals surface area contributed by atoms with E-state index in [1.807, 2.05) is 52.0 Å². The van der Waals surface area contributed by atoms with E-state index in [9.17, 15) is 4.79 Å². The molecule has 1 aliphatic heterocycles. The Morgan fingerprint density at radius 2 is 2.09 bits per heavy atom. The third kappa shape index (κ3) is 3.09. The molecule has 0 aliphatic carbocycles. The van der Waals surface area contributed by atoms with Crippen LogP contribution in [0.1, 0.15) is 54.4 Å². The van der Waals surface area contributed by atoms with Gasteiger partial charge < -0.3 is 14.1 Å². The lowest BCUT2D eigenvalue weighted by Crippen LogP contribution is -2.36. The van der Waals surface area contributed by atoms with Gasteiger partial charge in [0.15, 0.2) is 5.89 Å². The molecule has 2 aromatic rings. The Morgan fingerprint density at radius 1 is 1.35 bits per heavy atom. The van der Waals surface area contributed by atoms with E-state index < -0.39 is 0 Å². The molecule has 1 amide bonds. The number of aromatic nitrogens is 1. The highest BCUT2D eigenvalue weighted by Gasteiger charge is 2.28. The van der Waals surface area contributed by atoms with E-state index in [4.69, 9.17) is 9.15 Å². The molecule has 0 saturated carbocycles. The van der Waals surface area contributed by atoms with Crippen molar-refractivity contribution >= 4 is 5.91 Å². The van der Waals surface area contributed by atoms with E-state index in [2.05, 4.69) is 4.98 Å². The monoisotopic (exact) mass is 314 g/mol. The Labute approximate surface area is 136 Å². The first-order valence-corrected chi connectivity index (χ1v) is 7.97. The number of rotatable bonds is 2. The third-order valence-electron chi connectivity index (χ3n) is 3.93. The van der Waals surface area contributed by atoms with Gasteiger partial charge in [-0.2, -0.15) is 0 Å². The molecule has 0 saturated heterocycles. The normalized spacial score (nSPS) is 17.6. The van der Waals surface area contributed by atoms with Crippen molar-refractivity contribution in [1.82, 2.24) is 9.88 Å². The summed E-state index contributed by atoms with van der Waals surface area (Å²) in [6, 6.07) is 7.83. The number of aryl methyl sites for hydroxylation is 1. The molecule has 23 heavy (non-hydrogen) atoms. The molecule has 5 heteroatoms. The molecule has 0 radical (unpaired) electrons. The molecule has 1 unspecified atom stereocenters. The molecule has 0 N–H and O–H groups in total. The molecular weight excluding hydrogens is 292 g/mol. The molecule has 122 valence electrons. The highest BCUT2D eigenvalue weighted by atomic mass is 16.5. The Balaban J connectivity index is 1.90. The number of hydrogen-bond acceptors (Lipinski definition) is 4. The molecular formula is C18H22N2O3. The van der Waals surface area contributed by atoms with Crippen LogP contribution in [0, 0.1) is 6.92 Å². The summed E-state index contributed by atoms with van der Waals surface area (Å²) < 4.78 is 11.6. The van der Waals surface area contributed by atoms with Crippen LogP contribution in [0.4, 0.5) is 0 Å². The highest BCUT2D eigenvalue weighted by Crippen LogP contribution is 2.27. The van der Waals surface area contributed by atoms with Gasteiger partial charge in [-0.3, -0.25) is 4.79 Å². The number of carbonyl (C=O) groups excluding carboxylic acids is 1. The first-order valence-electron chi connectivity index (χ1n) is 7.97. The number of benzene rings is 1. The summed E-state index contributed by atoms with van der Waals surface area (Å²) >= 11 is 0. The van der Waals surface area contributed by atoms with Crippen molar-refractivity contribution in [2.75, 3.05) is 6.54 Å². The molecule has 1 aromatic heterocycles. The predicted molar refractivity (Wildman–Crippen MR) is 86.6 cm³/mol. The Bertz CT molecular complexity index is 721. The summed E-state index contributed by atoms with van der Waals surface area (Å²) in [6.45, 7) is 8.81. The highest BCUT2D eigenvalue weighted by molar-refractivity contribution is 5.92. The Morgan fingerprint density at radius 3 is 2.78 bits per heavy atom. The SMILES string of the molecule is Cc1nc(C(C)C)oc1C(=O)N1Cc2ccccc2OC(C)C1. The minimum absolute atomic E-state index is 0.0737. The van der Waals surface area contributed by atoms with Crippen LogP contribution in [0.25, 0.3) is 0 Å². The average molecular weight is 314 g/mol. The second-order valence-corrected chi connectivity index (χ2v) is 6.34. The molecule has 0 bridgehead atoms. The van der Waals surface area contributed by atoms with Gasteiger partial charge in [0.25, 0.3) is 5.91 Å². The number of carbonyl (C=O) groups is 1. The summed E-state index contributed by atoms with van der Waals surface area (Å²) in [5.41, 5.74) is 1.65. The van der Waals surface area contributed by atoms with Gasteiger partial charge in [0.2, 0.25) is 5.76 Å². The summed E-state index contributed by atoms with van der Waals surface area (Å²) in [5, 5.41) is 0. The minimum Gasteiger partial charge on any atom is -0.489 e.